The number of anilines is 2. The van der Waals surface area contributed by atoms with Crippen LogP contribution in [-0.4, -0.2) is 23.7 Å². The Balaban J connectivity index is 1.60. The second kappa shape index (κ2) is 8.86. The minimum absolute atomic E-state index is 0.211. The Hall–Kier alpha value is -3.61. The van der Waals surface area contributed by atoms with E-state index in [0.717, 1.165) is 22.4 Å². The van der Waals surface area contributed by atoms with Crippen molar-refractivity contribution in [1.29, 1.82) is 0 Å². The highest BCUT2D eigenvalue weighted by atomic mass is 16.5. The van der Waals surface area contributed by atoms with E-state index in [-0.39, 0.29) is 5.91 Å². The average molecular weight is 370 g/mol. The van der Waals surface area contributed by atoms with Gasteiger partial charge in [-0.3, -0.25) is 4.79 Å². The van der Waals surface area contributed by atoms with Crippen LogP contribution in [0.3, 0.4) is 0 Å². The van der Waals surface area contributed by atoms with Crippen molar-refractivity contribution in [3.8, 4) is 11.6 Å². The van der Waals surface area contributed by atoms with Crippen LogP contribution in [0.1, 0.15) is 12.5 Å². The molecule has 1 amide bonds. The average Bonchev–Trinajstić information content (AvgIpc) is 2.65. The van der Waals surface area contributed by atoms with Crippen LogP contribution < -0.4 is 20.8 Å². The highest BCUT2D eigenvalue weighted by Crippen LogP contribution is 2.23. The van der Waals surface area contributed by atoms with E-state index in [0.29, 0.717) is 23.9 Å². The number of amides is 1. The Morgan fingerprint density at radius 2 is 1.86 bits per heavy atom. The number of carbonyl (C=O) groups excluding carboxylic acids is 1. The van der Waals surface area contributed by atoms with Crippen LogP contribution in [0.5, 0.6) is 11.6 Å². The fourth-order valence-electron chi connectivity index (χ4n) is 2.54. The molecule has 0 saturated carbocycles. The van der Waals surface area contributed by atoms with E-state index in [9.17, 15) is 4.79 Å². The van der Waals surface area contributed by atoms with Crippen LogP contribution >= 0.6 is 0 Å². The van der Waals surface area contributed by atoms with Gasteiger partial charge in [-0.25, -0.2) is 9.97 Å². The quantitative estimate of drug-likeness (QED) is 0.625. The first kappa shape index (κ1) is 19.2. The normalized spacial score (nSPS) is 10.2. The van der Waals surface area contributed by atoms with E-state index in [1.54, 1.807) is 6.07 Å². The number of hydrogen-bond acceptors (Lipinski definition) is 5. The van der Waals surface area contributed by atoms with Gasteiger partial charge in [0.15, 0.2) is 0 Å². The van der Waals surface area contributed by atoms with Crippen molar-refractivity contribution in [2.24, 2.45) is 0 Å². The van der Waals surface area contributed by atoms with Gasteiger partial charge in [0.25, 0.3) is 0 Å². The number of nitrogens with one attached hydrogen (secondary N) is 2. The molecule has 0 fully saturated rings. The summed E-state index contributed by atoms with van der Waals surface area (Å²) in [5.74, 6) is 1.11. The number of benzene rings is 2. The smallest absolute Gasteiger partial charge is 0.224 e. The summed E-state index contributed by atoms with van der Waals surface area (Å²) in [4.78, 5) is 19.1. The van der Waals surface area contributed by atoms with E-state index in [4.69, 9.17) is 12.6 Å². The molecule has 0 aliphatic rings. The second-order valence-electron chi connectivity index (χ2n) is 6.15. The minimum atomic E-state index is -0.211. The van der Waals surface area contributed by atoms with Gasteiger partial charge in [0.1, 0.15) is 25.7 Å². The maximum Gasteiger partial charge on any atom is 0.224 e. The van der Waals surface area contributed by atoms with E-state index in [2.05, 4.69) is 27.2 Å². The highest BCUT2D eigenvalue weighted by Gasteiger charge is 2.05. The zero-order valence-electron chi connectivity index (χ0n) is 15.5. The summed E-state index contributed by atoms with van der Waals surface area (Å²) in [5, 5.41) is 5.85. The van der Waals surface area contributed by atoms with Crippen molar-refractivity contribution < 1.29 is 9.53 Å². The molecule has 2 aromatic carbocycles. The van der Waals surface area contributed by atoms with Gasteiger partial charge in [-0.15, -0.1) is 0 Å². The van der Waals surface area contributed by atoms with E-state index in [1.807, 2.05) is 48.5 Å². The molecule has 2 radical (unpaired) electrons. The maximum atomic E-state index is 11.1. The van der Waals surface area contributed by atoms with Gasteiger partial charge in [-0.1, -0.05) is 36.3 Å². The number of nitrogens with zero attached hydrogens (tertiary/aromatic N) is 2. The van der Waals surface area contributed by atoms with Crippen LogP contribution in [0.4, 0.5) is 11.5 Å². The molecule has 1 aromatic heterocycles. The van der Waals surface area contributed by atoms with Gasteiger partial charge < -0.3 is 15.4 Å². The van der Waals surface area contributed by atoms with Crippen molar-refractivity contribution in [3.05, 3.63) is 78.8 Å². The third-order valence-electron chi connectivity index (χ3n) is 3.80. The Labute approximate surface area is 165 Å². The molecule has 0 unspecified atom stereocenters. The van der Waals surface area contributed by atoms with Crippen molar-refractivity contribution in [3.63, 3.8) is 0 Å². The summed E-state index contributed by atoms with van der Waals surface area (Å²) < 4.78 is 5.70. The molecule has 2 N–H and O–H groups in total. The van der Waals surface area contributed by atoms with Gasteiger partial charge >= 0.3 is 0 Å². The van der Waals surface area contributed by atoms with Gasteiger partial charge in [-0.05, 0) is 29.8 Å². The largest absolute Gasteiger partial charge is 0.439 e. The fraction of sp³-hybridized carbons (Fsp3) is 0.0952. The molecule has 6 nitrogen and oxygen atoms in total. The lowest BCUT2D eigenvalue weighted by atomic mass is 9.89. The summed E-state index contributed by atoms with van der Waals surface area (Å²) in [6.45, 7) is 5.47. The molecule has 0 aliphatic carbocycles. The number of ether oxygens (including phenoxy) is 1. The molecule has 0 spiro atoms. The monoisotopic (exact) mass is 370 g/mol. The molecule has 3 aromatic rings. The molecule has 7 heteroatoms. The summed E-state index contributed by atoms with van der Waals surface area (Å²) in [5.41, 5.74) is 3.49. The van der Waals surface area contributed by atoms with E-state index < -0.39 is 0 Å². The summed E-state index contributed by atoms with van der Waals surface area (Å²) in [7, 11) is 5.97. The van der Waals surface area contributed by atoms with Crippen LogP contribution in [0.2, 0.25) is 0 Å². The van der Waals surface area contributed by atoms with Crippen molar-refractivity contribution in [1.82, 2.24) is 9.97 Å². The Kier molecular flexibility index (Phi) is 6.06. The molecule has 0 atom stereocenters. The first-order valence-electron chi connectivity index (χ1n) is 8.65. The number of hydrogen-bond donors (Lipinski definition) is 2. The maximum absolute atomic E-state index is 11.1. The number of rotatable bonds is 7. The van der Waals surface area contributed by atoms with Crippen LogP contribution in [-0.2, 0) is 11.2 Å². The zero-order chi connectivity index (χ0) is 19.9. The predicted octanol–water partition coefficient (Wildman–Crippen LogP) is 3.19. The second-order valence-corrected chi connectivity index (χ2v) is 6.15. The Bertz CT molecular complexity index is 990. The highest BCUT2D eigenvalue weighted by molar-refractivity contribution is 6.33. The molecule has 0 saturated heterocycles. The lowest BCUT2D eigenvalue weighted by Crippen LogP contribution is -2.12. The fourth-order valence-corrected chi connectivity index (χ4v) is 2.54. The van der Waals surface area contributed by atoms with Crippen molar-refractivity contribution in [2.75, 3.05) is 10.6 Å². The van der Waals surface area contributed by atoms with Gasteiger partial charge in [-0.2, -0.15) is 0 Å². The Morgan fingerprint density at radius 3 is 2.57 bits per heavy atom. The molecule has 1 heterocycles. The van der Waals surface area contributed by atoms with Crippen molar-refractivity contribution in [2.45, 2.75) is 13.3 Å². The number of aromatic nitrogens is 2. The van der Waals surface area contributed by atoms with Crippen LogP contribution in [0, 0.1) is 0 Å². The first-order valence-corrected chi connectivity index (χ1v) is 8.65. The van der Waals surface area contributed by atoms with Gasteiger partial charge in [0.05, 0.1) is 0 Å². The molecule has 0 bridgehead atoms. The van der Waals surface area contributed by atoms with Crippen molar-refractivity contribution >= 4 is 30.7 Å². The number of allylic oxidation sites excluding steroid dienone is 1. The summed E-state index contributed by atoms with van der Waals surface area (Å²) >= 11 is 0. The zero-order valence-corrected chi connectivity index (χ0v) is 15.5. The topological polar surface area (TPSA) is 76.1 Å². The standard InChI is InChI=1S/C21H19BN4O2/c1-14(11-16-5-3-4-6-19(16)22)25-17-7-9-18(10-8-17)28-21-12-20(23-13-24-21)26-15(2)27/h3-10,12-13,25H,1,11H2,2H3,(H,23,24,26,27). The van der Waals surface area contributed by atoms with E-state index >= 15 is 0 Å². The summed E-state index contributed by atoms with van der Waals surface area (Å²) in [6.07, 6.45) is 1.97. The molecular weight excluding hydrogens is 351 g/mol. The molecule has 28 heavy (non-hydrogen) atoms. The third-order valence-corrected chi connectivity index (χ3v) is 3.80. The first-order chi connectivity index (χ1) is 13.5. The lowest BCUT2D eigenvalue weighted by molar-refractivity contribution is -0.114. The minimum Gasteiger partial charge on any atom is -0.439 e. The third kappa shape index (κ3) is 5.44. The summed E-state index contributed by atoms with van der Waals surface area (Å²) in [6, 6.07) is 16.7. The van der Waals surface area contributed by atoms with E-state index in [1.165, 1.54) is 13.3 Å². The van der Waals surface area contributed by atoms with Gasteiger partial charge in [0.2, 0.25) is 11.8 Å². The lowest BCUT2D eigenvalue weighted by Gasteiger charge is -2.12. The SMILES string of the molecule is [B]c1ccccc1CC(=C)Nc1ccc(Oc2cc(NC(C)=O)ncn2)cc1. The van der Waals surface area contributed by atoms with Crippen LogP contribution in [0.15, 0.2) is 73.2 Å². The number of carbonyl (C=O) groups is 1. The molecular formula is C21H19BN4O2. The molecule has 138 valence electrons. The Morgan fingerprint density at radius 1 is 1.11 bits per heavy atom. The molecule has 0 aliphatic heterocycles. The van der Waals surface area contributed by atoms with Crippen LogP contribution in [0.25, 0.3) is 0 Å². The predicted molar refractivity (Wildman–Crippen MR) is 111 cm³/mol. The van der Waals surface area contributed by atoms with Gasteiger partial charge in [0, 0.05) is 30.8 Å². The molecule has 3 rings (SSSR count).